The third-order valence-corrected chi connectivity index (χ3v) is 3.81. The molecule has 0 radical (unpaired) electrons. The van der Waals surface area contributed by atoms with E-state index in [9.17, 15) is 9.59 Å². The number of hydrogen-bond acceptors (Lipinski definition) is 2. The average molecular weight is 324 g/mol. The van der Waals surface area contributed by atoms with Crippen molar-refractivity contribution in [1.82, 2.24) is 5.32 Å². The normalized spacial score (nSPS) is 10.5. The topological polar surface area (TPSA) is 58.2 Å². The van der Waals surface area contributed by atoms with Crippen molar-refractivity contribution in [3.63, 3.8) is 0 Å². The van der Waals surface area contributed by atoms with Gasteiger partial charge in [-0.05, 0) is 42.0 Å². The zero-order valence-corrected chi connectivity index (χ0v) is 14.2. The summed E-state index contributed by atoms with van der Waals surface area (Å²) in [6.07, 6.45) is 1.67. The molecular weight excluding hydrogens is 300 g/mol. The zero-order valence-electron chi connectivity index (χ0n) is 14.2. The lowest BCUT2D eigenvalue weighted by molar-refractivity contribution is -0.136. The van der Waals surface area contributed by atoms with Crippen LogP contribution in [0.15, 0.2) is 54.6 Å². The molecule has 0 unspecified atom stereocenters. The molecule has 0 heterocycles. The van der Waals surface area contributed by atoms with Crippen LogP contribution in [-0.4, -0.2) is 18.4 Å². The highest BCUT2D eigenvalue weighted by molar-refractivity contribution is 6.39. The van der Waals surface area contributed by atoms with Gasteiger partial charge in [0, 0.05) is 12.2 Å². The molecule has 0 aromatic heterocycles. The SMILES string of the molecule is CC(C)c1ccc(NC(=O)C(=O)NCCCc2ccccc2)cc1. The highest BCUT2D eigenvalue weighted by Gasteiger charge is 2.13. The second-order valence-corrected chi connectivity index (χ2v) is 6.08. The molecule has 4 nitrogen and oxygen atoms in total. The van der Waals surface area contributed by atoms with E-state index >= 15 is 0 Å². The number of carbonyl (C=O) groups is 2. The van der Waals surface area contributed by atoms with Gasteiger partial charge in [-0.15, -0.1) is 0 Å². The predicted molar refractivity (Wildman–Crippen MR) is 96.9 cm³/mol. The average Bonchev–Trinajstić information content (AvgIpc) is 2.60. The van der Waals surface area contributed by atoms with Gasteiger partial charge >= 0.3 is 11.8 Å². The molecule has 0 saturated carbocycles. The van der Waals surface area contributed by atoms with Crippen molar-refractivity contribution >= 4 is 17.5 Å². The number of amides is 2. The maximum absolute atomic E-state index is 11.9. The van der Waals surface area contributed by atoms with Crippen molar-refractivity contribution in [3.05, 3.63) is 65.7 Å². The van der Waals surface area contributed by atoms with Gasteiger partial charge in [0.2, 0.25) is 0 Å². The number of nitrogens with one attached hydrogen (secondary N) is 2. The maximum atomic E-state index is 11.9. The Morgan fingerprint density at radius 2 is 1.58 bits per heavy atom. The number of anilines is 1. The lowest BCUT2D eigenvalue weighted by atomic mass is 10.0. The van der Waals surface area contributed by atoms with E-state index in [1.54, 1.807) is 0 Å². The fraction of sp³-hybridized carbons (Fsp3) is 0.300. The quantitative estimate of drug-likeness (QED) is 0.631. The van der Waals surface area contributed by atoms with Gasteiger partial charge in [0.05, 0.1) is 0 Å². The summed E-state index contributed by atoms with van der Waals surface area (Å²) in [5.41, 5.74) is 3.05. The predicted octanol–water partition coefficient (Wildman–Crippen LogP) is 3.50. The fourth-order valence-electron chi connectivity index (χ4n) is 2.36. The summed E-state index contributed by atoms with van der Waals surface area (Å²) in [5.74, 6) is -0.800. The number of carbonyl (C=O) groups excluding carboxylic acids is 2. The molecule has 2 aromatic rings. The van der Waals surface area contributed by atoms with Crippen LogP contribution in [0.5, 0.6) is 0 Å². The molecule has 0 fully saturated rings. The van der Waals surface area contributed by atoms with E-state index in [0.29, 0.717) is 18.2 Å². The van der Waals surface area contributed by atoms with Gasteiger partial charge in [0.1, 0.15) is 0 Å². The highest BCUT2D eigenvalue weighted by Crippen LogP contribution is 2.16. The van der Waals surface area contributed by atoms with Crippen molar-refractivity contribution in [1.29, 1.82) is 0 Å². The van der Waals surface area contributed by atoms with Crippen LogP contribution in [-0.2, 0) is 16.0 Å². The minimum atomic E-state index is -0.632. The molecule has 24 heavy (non-hydrogen) atoms. The first-order valence-corrected chi connectivity index (χ1v) is 8.29. The summed E-state index contributed by atoms with van der Waals surface area (Å²) in [6.45, 7) is 4.69. The molecule has 2 rings (SSSR count). The Hall–Kier alpha value is -2.62. The van der Waals surface area contributed by atoms with E-state index in [0.717, 1.165) is 12.8 Å². The van der Waals surface area contributed by atoms with E-state index in [1.165, 1.54) is 11.1 Å². The second-order valence-electron chi connectivity index (χ2n) is 6.08. The number of benzene rings is 2. The van der Waals surface area contributed by atoms with Crippen LogP contribution in [0.1, 0.15) is 37.3 Å². The molecule has 2 amide bonds. The molecule has 0 aliphatic rings. The monoisotopic (exact) mass is 324 g/mol. The van der Waals surface area contributed by atoms with Crippen molar-refractivity contribution in [2.24, 2.45) is 0 Å². The smallest absolute Gasteiger partial charge is 0.313 e. The molecule has 0 aliphatic heterocycles. The molecule has 0 bridgehead atoms. The van der Waals surface area contributed by atoms with E-state index in [2.05, 4.69) is 36.6 Å². The van der Waals surface area contributed by atoms with Crippen LogP contribution in [0.25, 0.3) is 0 Å². The first-order chi connectivity index (χ1) is 11.6. The Bertz CT molecular complexity index is 664. The molecule has 0 aliphatic carbocycles. The Morgan fingerprint density at radius 1 is 0.917 bits per heavy atom. The zero-order chi connectivity index (χ0) is 17.4. The second kappa shape index (κ2) is 8.87. The number of rotatable bonds is 6. The van der Waals surface area contributed by atoms with Gasteiger partial charge in [0.25, 0.3) is 0 Å². The largest absolute Gasteiger partial charge is 0.348 e. The van der Waals surface area contributed by atoms with Gasteiger partial charge < -0.3 is 10.6 Å². The van der Waals surface area contributed by atoms with Crippen molar-refractivity contribution in [3.8, 4) is 0 Å². The summed E-state index contributed by atoms with van der Waals surface area (Å²) in [5, 5.41) is 5.27. The van der Waals surface area contributed by atoms with Crippen molar-refractivity contribution < 1.29 is 9.59 Å². The highest BCUT2D eigenvalue weighted by atomic mass is 16.2. The third-order valence-electron chi connectivity index (χ3n) is 3.81. The van der Waals surface area contributed by atoms with E-state index in [4.69, 9.17) is 0 Å². The van der Waals surface area contributed by atoms with Crippen LogP contribution >= 0.6 is 0 Å². The lowest BCUT2D eigenvalue weighted by Crippen LogP contribution is -2.36. The van der Waals surface area contributed by atoms with Gasteiger partial charge in [-0.2, -0.15) is 0 Å². The molecule has 2 N–H and O–H groups in total. The Balaban J connectivity index is 1.72. The van der Waals surface area contributed by atoms with Crippen LogP contribution < -0.4 is 10.6 Å². The van der Waals surface area contributed by atoms with Crippen LogP contribution in [0, 0.1) is 0 Å². The van der Waals surface area contributed by atoms with Gasteiger partial charge in [-0.3, -0.25) is 9.59 Å². The van der Waals surface area contributed by atoms with E-state index < -0.39 is 11.8 Å². The number of hydrogen-bond donors (Lipinski definition) is 2. The Kier molecular flexibility index (Phi) is 6.55. The van der Waals surface area contributed by atoms with Crippen LogP contribution in [0.4, 0.5) is 5.69 Å². The fourth-order valence-corrected chi connectivity index (χ4v) is 2.36. The van der Waals surface area contributed by atoms with Crippen LogP contribution in [0.2, 0.25) is 0 Å². The van der Waals surface area contributed by atoms with E-state index in [-0.39, 0.29) is 0 Å². The van der Waals surface area contributed by atoms with Crippen molar-refractivity contribution in [2.45, 2.75) is 32.6 Å². The summed E-state index contributed by atoms with van der Waals surface area (Å²) in [7, 11) is 0. The van der Waals surface area contributed by atoms with Gasteiger partial charge in [-0.1, -0.05) is 56.3 Å². The standard InChI is InChI=1S/C20H24N2O2/c1-15(2)17-10-12-18(13-11-17)22-20(24)19(23)21-14-6-9-16-7-4-3-5-8-16/h3-5,7-8,10-13,15H,6,9,14H2,1-2H3,(H,21,23)(H,22,24). The lowest BCUT2D eigenvalue weighted by Gasteiger charge is -2.09. The summed E-state index contributed by atoms with van der Waals surface area (Å²) < 4.78 is 0. The van der Waals surface area contributed by atoms with Crippen LogP contribution in [0.3, 0.4) is 0 Å². The first kappa shape index (κ1) is 17.7. The first-order valence-electron chi connectivity index (χ1n) is 8.29. The molecular formula is C20H24N2O2. The van der Waals surface area contributed by atoms with Gasteiger partial charge in [-0.25, -0.2) is 0 Å². The minimum Gasteiger partial charge on any atom is -0.348 e. The Labute approximate surface area is 143 Å². The van der Waals surface area contributed by atoms with Crippen molar-refractivity contribution in [2.75, 3.05) is 11.9 Å². The minimum absolute atomic E-state index is 0.433. The summed E-state index contributed by atoms with van der Waals surface area (Å²) in [6, 6.07) is 17.6. The maximum Gasteiger partial charge on any atom is 0.313 e. The third kappa shape index (κ3) is 5.54. The summed E-state index contributed by atoms with van der Waals surface area (Å²) >= 11 is 0. The van der Waals surface area contributed by atoms with E-state index in [1.807, 2.05) is 42.5 Å². The molecule has 0 spiro atoms. The number of aryl methyl sites for hydroxylation is 1. The van der Waals surface area contributed by atoms with Gasteiger partial charge in [0.15, 0.2) is 0 Å². The Morgan fingerprint density at radius 3 is 2.21 bits per heavy atom. The molecule has 0 saturated heterocycles. The molecule has 4 heteroatoms. The molecule has 0 atom stereocenters. The summed E-state index contributed by atoms with van der Waals surface area (Å²) in [4.78, 5) is 23.7. The molecule has 2 aromatic carbocycles. The molecule has 126 valence electrons.